The van der Waals surface area contributed by atoms with Crippen LogP contribution in [0, 0.1) is 5.41 Å². The van der Waals surface area contributed by atoms with Crippen LogP contribution in [-0.2, 0) is 9.53 Å². The molecule has 0 unspecified atom stereocenters. The molecule has 2 saturated heterocycles. The third kappa shape index (κ3) is 2.68. The van der Waals surface area contributed by atoms with Gasteiger partial charge in [0, 0.05) is 32.8 Å². The van der Waals surface area contributed by atoms with E-state index in [1.165, 1.54) is 0 Å². The summed E-state index contributed by atoms with van der Waals surface area (Å²) in [5, 5.41) is 9.92. The van der Waals surface area contributed by atoms with Gasteiger partial charge < -0.3 is 20.5 Å². The van der Waals surface area contributed by atoms with Crippen molar-refractivity contribution in [3.63, 3.8) is 0 Å². The third-order valence-corrected chi connectivity index (χ3v) is 4.42. The van der Waals surface area contributed by atoms with Crippen molar-refractivity contribution in [3.8, 4) is 0 Å². The van der Waals surface area contributed by atoms with Crippen LogP contribution in [0.3, 0.4) is 0 Å². The van der Waals surface area contributed by atoms with Gasteiger partial charge in [-0.05, 0) is 32.6 Å². The number of piperidine rings is 1. The van der Waals surface area contributed by atoms with Gasteiger partial charge in [0.1, 0.15) is 0 Å². The molecule has 2 fully saturated rings. The Kier molecular flexibility index (Phi) is 3.94. The van der Waals surface area contributed by atoms with Crippen molar-refractivity contribution in [2.75, 3.05) is 32.8 Å². The lowest BCUT2D eigenvalue weighted by atomic mass is 9.78. The zero-order chi connectivity index (χ0) is 13.2. The second-order valence-electron chi connectivity index (χ2n) is 5.89. The molecule has 2 rings (SSSR count). The Bertz CT molecular complexity index is 301. The summed E-state index contributed by atoms with van der Waals surface area (Å²) in [5.74, 6) is 0.156. The van der Waals surface area contributed by atoms with Gasteiger partial charge in [-0.2, -0.15) is 0 Å². The summed E-state index contributed by atoms with van der Waals surface area (Å²) in [6, 6.07) is 0. The molecule has 0 atom stereocenters. The first-order chi connectivity index (χ1) is 8.49. The number of hydrogen-bond donors (Lipinski definition) is 2. The molecule has 0 aliphatic carbocycles. The molecule has 5 heteroatoms. The Balaban J connectivity index is 2.01. The quantitative estimate of drug-likeness (QED) is 0.735. The smallest absolute Gasteiger partial charge is 0.230 e. The van der Waals surface area contributed by atoms with Gasteiger partial charge in [0.25, 0.3) is 0 Å². The molecule has 3 N–H and O–H groups in total. The maximum absolute atomic E-state index is 12.6. The van der Waals surface area contributed by atoms with Crippen LogP contribution in [0.1, 0.15) is 32.6 Å². The highest BCUT2D eigenvalue weighted by atomic mass is 16.5. The Morgan fingerprint density at radius 1 is 1.28 bits per heavy atom. The Hall–Kier alpha value is -0.650. The zero-order valence-corrected chi connectivity index (χ0v) is 11.2. The van der Waals surface area contributed by atoms with Crippen LogP contribution in [0.25, 0.3) is 0 Å². The standard InChI is InChI=1S/C13H24N2O3/c1-12(17)2-6-15(7-3-12)11(16)13(10-14)4-8-18-9-5-13/h17H,2-10,14H2,1H3. The molecule has 0 aromatic heterocycles. The summed E-state index contributed by atoms with van der Waals surface area (Å²) >= 11 is 0. The molecule has 0 saturated carbocycles. The average molecular weight is 256 g/mol. The highest BCUT2D eigenvalue weighted by Crippen LogP contribution is 2.33. The van der Waals surface area contributed by atoms with E-state index in [4.69, 9.17) is 10.5 Å². The van der Waals surface area contributed by atoms with Gasteiger partial charge in [-0.25, -0.2) is 0 Å². The molecule has 0 aromatic rings. The minimum Gasteiger partial charge on any atom is -0.390 e. The van der Waals surface area contributed by atoms with Gasteiger partial charge >= 0.3 is 0 Å². The van der Waals surface area contributed by atoms with E-state index in [1.807, 2.05) is 11.8 Å². The van der Waals surface area contributed by atoms with Crippen molar-refractivity contribution in [2.45, 2.75) is 38.2 Å². The van der Waals surface area contributed by atoms with E-state index in [0.29, 0.717) is 45.7 Å². The molecular formula is C13H24N2O3. The van der Waals surface area contributed by atoms with E-state index < -0.39 is 11.0 Å². The fourth-order valence-corrected chi connectivity index (χ4v) is 2.79. The molecule has 2 aliphatic heterocycles. The molecule has 0 radical (unpaired) electrons. The number of carbonyl (C=O) groups is 1. The van der Waals surface area contributed by atoms with Crippen molar-refractivity contribution in [1.29, 1.82) is 0 Å². The maximum Gasteiger partial charge on any atom is 0.230 e. The van der Waals surface area contributed by atoms with Crippen LogP contribution >= 0.6 is 0 Å². The predicted octanol–water partition coefficient (Wildman–Crippen LogP) is 0.115. The van der Waals surface area contributed by atoms with Crippen LogP contribution in [0.2, 0.25) is 0 Å². The molecule has 2 aliphatic rings. The summed E-state index contributed by atoms with van der Waals surface area (Å²) in [6.45, 7) is 4.73. The third-order valence-electron chi connectivity index (χ3n) is 4.42. The molecule has 1 amide bonds. The van der Waals surface area contributed by atoms with Crippen LogP contribution < -0.4 is 5.73 Å². The van der Waals surface area contributed by atoms with Crippen molar-refractivity contribution in [3.05, 3.63) is 0 Å². The number of hydrogen-bond acceptors (Lipinski definition) is 4. The topological polar surface area (TPSA) is 75.8 Å². The summed E-state index contributed by atoms with van der Waals surface area (Å²) in [7, 11) is 0. The van der Waals surface area contributed by atoms with Crippen molar-refractivity contribution >= 4 is 5.91 Å². The monoisotopic (exact) mass is 256 g/mol. The molecule has 0 aromatic carbocycles. The first-order valence-electron chi connectivity index (χ1n) is 6.79. The first kappa shape index (κ1) is 13.8. The second-order valence-corrected chi connectivity index (χ2v) is 5.89. The number of aliphatic hydroxyl groups is 1. The zero-order valence-electron chi connectivity index (χ0n) is 11.2. The van der Waals surface area contributed by atoms with Crippen molar-refractivity contribution in [1.82, 2.24) is 4.90 Å². The predicted molar refractivity (Wildman–Crippen MR) is 68.0 cm³/mol. The van der Waals surface area contributed by atoms with Gasteiger partial charge in [0.2, 0.25) is 5.91 Å². The summed E-state index contributed by atoms with van der Waals surface area (Å²) in [4.78, 5) is 14.5. The van der Waals surface area contributed by atoms with Gasteiger partial charge in [-0.15, -0.1) is 0 Å². The van der Waals surface area contributed by atoms with Crippen LogP contribution in [0.4, 0.5) is 0 Å². The lowest BCUT2D eigenvalue weighted by molar-refractivity contribution is -0.150. The molecule has 104 valence electrons. The highest BCUT2D eigenvalue weighted by molar-refractivity contribution is 5.83. The minimum absolute atomic E-state index is 0.156. The molecule has 0 bridgehead atoms. The van der Waals surface area contributed by atoms with E-state index in [9.17, 15) is 9.90 Å². The summed E-state index contributed by atoms with van der Waals surface area (Å²) in [6.07, 6.45) is 2.73. The Morgan fingerprint density at radius 3 is 2.33 bits per heavy atom. The summed E-state index contributed by atoms with van der Waals surface area (Å²) < 4.78 is 5.33. The van der Waals surface area contributed by atoms with Gasteiger partial charge in [0.05, 0.1) is 11.0 Å². The molecular weight excluding hydrogens is 232 g/mol. The fourth-order valence-electron chi connectivity index (χ4n) is 2.79. The number of ether oxygens (including phenoxy) is 1. The normalized spacial score (nSPS) is 26.9. The van der Waals surface area contributed by atoms with E-state index >= 15 is 0 Å². The van der Waals surface area contributed by atoms with E-state index in [2.05, 4.69) is 0 Å². The average Bonchev–Trinajstić information content (AvgIpc) is 2.39. The van der Waals surface area contributed by atoms with E-state index in [-0.39, 0.29) is 5.91 Å². The minimum atomic E-state index is -0.623. The van der Waals surface area contributed by atoms with Crippen molar-refractivity contribution in [2.24, 2.45) is 11.1 Å². The van der Waals surface area contributed by atoms with Crippen LogP contribution in [0.15, 0.2) is 0 Å². The lowest BCUT2D eigenvalue weighted by Gasteiger charge is -2.42. The number of likely N-dealkylation sites (tertiary alicyclic amines) is 1. The Labute approximate surface area is 108 Å². The molecule has 0 spiro atoms. The van der Waals surface area contributed by atoms with Gasteiger partial charge in [0.15, 0.2) is 0 Å². The summed E-state index contributed by atoms with van der Waals surface area (Å²) in [5.41, 5.74) is 4.79. The van der Waals surface area contributed by atoms with E-state index in [1.54, 1.807) is 0 Å². The van der Waals surface area contributed by atoms with Crippen LogP contribution in [-0.4, -0.2) is 54.4 Å². The maximum atomic E-state index is 12.6. The fraction of sp³-hybridized carbons (Fsp3) is 0.923. The highest BCUT2D eigenvalue weighted by Gasteiger charge is 2.43. The number of amides is 1. The number of nitrogens with zero attached hydrogens (tertiary/aromatic N) is 1. The van der Waals surface area contributed by atoms with E-state index in [0.717, 1.165) is 12.8 Å². The Morgan fingerprint density at radius 2 is 1.83 bits per heavy atom. The van der Waals surface area contributed by atoms with Gasteiger partial charge in [-0.1, -0.05) is 0 Å². The number of carbonyl (C=O) groups excluding carboxylic acids is 1. The molecule has 5 nitrogen and oxygen atoms in total. The number of nitrogens with two attached hydrogens (primary N) is 1. The van der Waals surface area contributed by atoms with Crippen molar-refractivity contribution < 1.29 is 14.6 Å². The molecule has 2 heterocycles. The number of rotatable bonds is 2. The molecule has 18 heavy (non-hydrogen) atoms. The lowest BCUT2D eigenvalue weighted by Crippen LogP contribution is -2.54. The SMILES string of the molecule is CC1(O)CCN(C(=O)C2(CN)CCOCC2)CC1. The van der Waals surface area contributed by atoms with Gasteiger partial charge in [-0.3, -0.25) is 4.79 Å². The first-order valence-corrected chi connectivity index (χ1v) is 6.79. The second kappa shape index (κ2) is 5.15. The largest absolute Gasteiger partial charge is 0.390 e. The van der Waals surface area contributed by atoms with Crippen LogP contribution in [0.5, 0.6) is 0 Å².